The molecule has 2 heterocycles. The van der Waals surface area contributed by atoms with Crippen LogP contribution in [0.3, 0.4) is 0 Å². The number of halogens is 1. The molecule has 0 radical (unpaired) electrons. The summed E-state index contributed by atoms with van der Waals surface area (Å²) in [5.74, 6) is 0.842. The lowest BCUT2D eigenvalue weighted by molar-refractivity contribution is 0.410. The van der Waals surface area contributed by atoms with E-state index in [4.69, 9.17) is 17.3 Å². The zero-order valence-electron chi connectivity index (χ0n) is 9.43. The van der Waals surface area contributed by atoms with Crippen molar-refractivity contribution in [2.75, 3.05) is 11.4 Å². The van der Waals surface area contributed by atoms with Crippen LogP contribution in [0, 0.1) is 0 Å². The minimum atomic E-state index is 0.140. The Morgan fingerprint density at radius 1 is 1.50 bits per heavy atom. The van der Waals surface area contributed by atoms with Crippen molar-refractivity contribution in [3.05, 3.63) is 17.5 Å². The van der Waals surface area contributed by atoms with Crippen molar-refractivity contribution in [3.63, 3.8) is 0 Å². The summed E-state index contributed by atoms with van der Waals surface area (Å²) in [4.78, 5) is 10.6. The maximum absolute atomic E-state index is 6.01. The maximum Gasteiger partial charge on any atom is 0.149 e. The number of rotatable bonds is 2. The molecule has 88 valence electrons. The molecule has 2 atom stereocenters. The van der Waals surface area contributed by atoms with Crippen LogP contribution >= 0.6 is 11.6 Å². The minimum Gasteiger partial charge on any atom is -0.351 e. The summed E-state index contributed by atoms with van der Waals surface area (Å²) in [5, 5.41) is 0.437. The predicted octanol–water partition coefficient (Wildman–Crippen LogP) is 1.84. The molecule has 1 aliphatic rings. The van der Waals surface area contributed by atoms with Crippen LogP contribution in [0.5, 0.6) is 0 Å². The molecule has 2 unspecified atom stereocenters. The highest BCUT2D eigenvalue weighted by Gasteiger charge is 2.26. The zero-order chi connectivity index (χ0) is 11.5. The first-order chi connectivity index (χ1) is 7.68. The third-order valence-electron chi connectivity index (χ3n) is 3.04. The molecule has 1 fully saturated rings. The molecule has 1 aliphatic heterocycles. The first-order valence-corrected chi connectivity index (χ1v) is 6.06. The van der Waals surface area contributed by atoms with Crippen LogP contribution in [0.2, 0.25) is 5.15 Å². The summed E-state index contributed by atoms with van der Waals surface area (Å²) in [7, 11) is 0. The molecule has 5 heteroatoms. The Kier molecular flexibility index (Phi) is 3.61. The SMILES string of the molecule is CC(N)C1CCCCN1c1cncc(Cl)n1. The molecule has 2 N–H and O–H groups in total. The summed E-state index contributed by atoms with van der Waals surface area (Å²) in [6, 6.07) is 0.489. The van der Waals surface area contributed by atoms with Gasteiger partial charge in [0.05, 0.1) is 12.4 Å². The smallest absolute Gasteiger partial charge is 0.149 e. The lowest BCUT2D eigenvalue weighted by Crippen LogP contribution is -2.49. The van der Waals surface area contributed by atoms with E-state index in [0.29, 0.717) is 11.2 Å². The van der Waals surface area contributed by atoms with Crippen LogP contribution in [0.1, 0.15) is 26.2 Å². The van der Waals surface area contributed by atoms with Crippen molar-refractivity contribution in [1.29, 1.82) is 0 Å². The Labute approximate surface area is 101 Å². The second-order valence-electron chi connectivity index (χ2n) is 4.32. The van der Waals surface area contributed by atoms with Crippen LogP contribution in [0.15, 0.2) is 12.4 Å². The van der Waals surface area contributed by atoms with Gasteiger partial charge in [0.1, 0.15) is 11.0 Å². The average Bonchev–Trinajstić information content (AvgIpc) is 2.29. The topological polar surface area (TPSA) is 55.0 Å². The predicted molar refractivity (Wildman–Crippen MR) is 65.7 cm³/mol. The quantitative estimate of drug-likeness (QED) is 0.857. The van der Waals surface area contributed by atoms with E-state index >= 15 is 0 Å². The van der Waals surface area contributed by atoms with Crippen molar-refractivity contribution in [2.45, 2.75) is 38.3 Å². The van der Waals surface area contributed by atoms with Gasteiger partial charge in [-0.15, -0.1) is 0 Å². The van der Waals surface area contributed by atoms with Crippen molar-refractivity contribution in [1.82, 2.24) is 9.97 Å². The van der Waals surface area contributed by atoms with Crippen LogP contribution in [-0.4, -0.2) is 28.6 Å². The molecule has 1 aromatic rings. The third kappa shape index (κ3) is 2.44. The number of hydrogen-bond acceptors (Lipinski definition) is 4. The van der Waals surface area contributed by atoms with Gasteiger partial charge in [-0.3, -0.25) is 4.98 Å². The number of nitrogens with two attached hydrogens (primary N) is 1. The van der Waals surface area contributed by atoms with Crippen molar-refractivity contribution < 1.29 is 0 Å². The molecule has 1 saturated heterocycles. The molecule has 4 nitrogen and oxygen atoms in total. The van der Waals surface area contributed by atoms with Gasteiger partial charge in [-0.1, -0.05) is 11.6 Å². The van der Waals surface area contributed by atoms with E-state index in [1.54, 1.807) is 12.4 Å². The highest BCUT2D eigenvalue weighted by molar-refractivity contribution is 6.29. The second kappa shape index (κ2) is 4.97. The summed E-state index contributed by atoms with van der Waals surface area (Å²) >= 11 is 5.86. The van der Waals surface area contributed by atoms with Gasteiger partial charge < -0.3 is 10.6 Å². The molecular weight excluding hydrogens is 224 g/mol. The molecule has 0 bridgehead atoms. The van der Waals surface area contributed by atoms with Crippen molar-refractivity contribution in [3.8, 4) is 0 Å². The minimum absolute atomic E-state index is 0.140. The van der Waals surface area contributed by atoms with Crippen molar-refractivity contribution in [2.24, 2.45) is 5.73 Å². The molecule has 2 rings (SSSR count). The Balaban J connectivity index is 2.23. The van der Waals surface area contributed by atoms with E-state index in [2.05, 4.69) is 14.9 Å². The number of hydrogen-bond donors (Lipinski definition) is 1. The summed E-state index contributed by atoms with van der Waals surface area (Å²) in [5.41, 5.74) is 6.01. The van der Waals surface area contributed by atoms with E-state index < -0.39 is 0 Å². The number of anilines is 1. The van der Waals surface area contributed by atoms with Gasteiger partial charge >= 0.3 is 0 Å². The number of piperidine rings is 1. The highest BCUT2D eigenvalue weighted by Crippen LogP contribution is 2.24. The summed E-state index contributed by atoms with van der Waals surface area (Å²) < 4.78 is 0. The van der Waals surface area contributed by atoms with E-state index in [0.717, 1.165) is 18.8 Å². The van der Waals surface area contributed by atoms with E-state index in [1.807, 2.05) is 6.92 Å². The van der Waals surface area contributed by atoms with Gasteiger partial charge in [0.15, 0.2) is 0 Å². The fourth-order valence-corrected chi connectivity index (χ4v) is 2.40. The lowest BCUT2D eigenvalue weighted by atomic mass is 9.97. The summed E-state index contributed by atoms with van der Waals surface area (Å²) in [6.07, 6.45) is 6.84. The van der Waals surface area contributed by atoms with Gasteiger partial charge in [-0.25, -0.2) is 4.98 Å². The monoisotopic (exact) mass is 240 g/mol. The first kappa shape index (κ1) is 11.6. The largest absolute Gasteiger partial charge is 0.351 e. The van der Waals surface area contributed by atoms with Crippen LogP contribution in [0.4, 0.5) is 5.82 Å². The van der Waals surface area contributed by atoms with E-state index in [9.17, 15) is 0 Å². The van der Waals surface area contributed by atoms with Crippen LogP contribution in [-0.2, 0) is 0 Å². The van der Waals surface area contributed by atoms with Crippen molar-refractivity contribution >= 4 is 17.4 Å². The molecule has 16 heavy (non-hydrogen) atoms. The molecular formula is C11H17ClN4. The normalized spacial score (nSPS) is 23.2. The van der Waals surface area contributed by atoms with E-state index in [-0.39, 0.29) is 6.04 Å². The molecule has 0 aliphatic carbocycles. The fourth-order valence-electron chi connectivity index (χ4n) is 2.26. The summed E-state index contributed by atoms with van der Waals surface area (Å²) in [6.45, 7) is 3.03. The van der Waals surface area contributed by atoms with Gasteiger partial charge in [0.25, 0.3) is 0 Å². The maximum atomic E-state index is 6.01. The zero-order valence-corrected chi connectivity index (χ0v) is 10.2. The molecule has 0 spiro atoms. The van der Waals surface area contributed by atoms with Gasteiger partial charge in [-0.05, 0) is 26.2 Å². The molecule has 0 amide bonds. The Bertz CT molecular complexity index is 356. The van der Waals surface area contributed by atoms with Crippen LogP contribution in [0.25, 0.3) is 0 Å². The number of nitrogens with zero attached hydrogens (tertiary/aromatic N) is 3. The third-order valence-corrected chi connectivity index (χ3v) is 3.22. The standard InChI is InChI=1S/C11H17ClN4/c1-8(13)9-4-2-3-5-16(9)11-7-14-6-10(12)15-11/h6-9H,2-5,13H2,1H3. The molecule has 0 saturated carbocycles. The van der Waals surface area contributed by atoms with E-state index in [1.165, 1.54) is 12.8 Å². The second-order valence-corrected chi connectivity index (χ2v) is 4.70. The number of aromatic nitrogens is 2. The van der Waals surface area contributed by atoms with Gasteiger partial charge in [0, 0.05) is 18.6 Å². The molecule has 1 aromatic heterocycles. The lowest BCUT2D eigenvalue weighted by Gasteiger charge is -2.38. The van der Waals surface area contributed by atoms with Gasteiger partial charge in [-0.2, -0.15) is 0 Å². The molecule has 0 aromatic carbocycles. The Morgan fingerprint density at radius 2 is 2.31 bits per heavy atom. The van der Waals surface area contributed by atoms with Crippen LogP contribution < -0.4 is 10.6 Å². The Morgan fingerprint density at radius 3 is 3.00 bits per heavy atom. The highest BCUT2D eigenvalue weighted by atomic mass is 35.5. The fraction of sp³-hybridized carbons (Fsp3) is 0.636. The first-order valence-electron chi connectivity index (χ1n) is 5.68. The Hall–Kier alpha value is -0.870. The average molecular weight is 241 g/mol. The van der Waals surface area contributed by atoms with Gasteiger partial charge in [0.2, 0.25) is 0 Å².